The van der Waals surface area contributed by atoms with E-state index in [4.69, 9.17) is 4.74 Å². The Balaban J connectivity index is 1.56. The summed E-state index contributed by atoms with van der Waals surface area (Å²) < 4.78 is 7.76. The van der Waals surface area contributed by atoms with E-state index >= 15 is 0 Å². The number of rotatable bonds is 5. The average molecular weight is 312 g/mol. The molecule has 0 N–H and O–H groups in total. The smallest absolute Gasteiger partial charge is 0.253 e. The van der Waals surface area contributed by atoms with E-state index in [0.717, 1.165) is 37.2 Å². The molecule has 4 heteroatoms. The summed E-state index contributed by atoms with van der Waals surface area (Å²) in [5.74, 6) is 0.0693. The molecule has 0 saturated carbocycles. The summed E-state index contributed by atoms with van der Waals surface area (Å²) in [6.45, 7) is 1.60. The van der Waals surface area contributed by atoms with E-state index in [2.05, 4.69) is 0 Å². The number of hydrogen-bond donors (Lipinski definition) is 0. The van der Waals surface area contributed by atoms with E-state index in [-0.39, 0.29) is 5.91 Å². The maximum atomic E-state index is 12.5. The molecular weight excluding hydrogens is 288 g/mol. The van der Waals surface area contributed by atoms with Crippen LogP contribution in [0.5, 0.6) is 0 Å². The third-order valence-corrected chi connectivity index (χ3v) is 4.42. The number of hydrogen-bond acceptors (Lipinski definition) is 2. The second kappa shape index (κ2) is 7.47. The van der Waals surface area contributed by atoms with Gasteiger partial charge in [-0.1, -0.05) is 0 Å². The minimum Gasteiger partial charge on any atom is -0.378 e. The molecule has 1 aromatic heterocycles. The van der Waals surface area contributed by atoms with Gasteiger partial charge in [-0.15, -0.1) is 0 Å². The van der Waals surface area contributed by atoms with Gasteiger partial charge in [-0.3, -0.25) is 4.79 Å². The Morgan fingerprint density at radius 1 is 1.22 bits per heavy atom. The molecule has 23 heavy (non-hydrogen) atoms. The zero-order valence-electron chi connectivity index (χ0n) is 13.6. The molecule has 2 heterocycles. The molecule has 1 aliphatic rings. The van der Waals surface area contributed by atoms with Crippen molar-refractivity contribution in [2.75, 3.05) is 20.2 Å². The number of aromatic nitrogens is 1. The van der Waals surface area contributed by atoms with Crippen molar-refractivity contribution in [2.45, 2.75) is 31.8 Å². The standard InChI is InChI=1S/C19H24N2O2/c1-20(14-11-18-6-2-5-15-23-18)19(22)16-7-9-17(10-8-16)21-12-3-4-13-21/h3-4,7-10,12-13,18H,2,5-6,11,14-15H2,1H3. The Labute approximate surface area is 137 Å². The van der Waals surface area contributed by atoms with Crippen molar-refractivity contribution in [2.24, 2.45) is 0 Å². The quantitative estimate of drug-likeness (QED) is 0.847. The zero-order chi connectivity index (χ0) is 16.1. The number of nitrogens with zero attached hydrogens (tertiary/aromatic N) is 2. The lowest BCUT2D eigenvalue weighted by atomic mass is 10.1. The van der Waals surface area contributed by atoms with Crippen LogP contribution in [-0.4, -0.2) is 41.7 Å². The van der Waals surface area contributed by atoms with E-state index in [1.807, 2.05) is 60.4 Å². The number of amides is 1. The summed E-state index contributed by atoms with van der Waals surface area (Å²) in [5.41, 5.74) is 1.79. The van der Waals surface area contributed by atoms with Crippen LogP contribution in [0.3, 0.4) is 0 Å². The molecule has 0 bridgehead atoms. The normalized spacial score (nSPS) is 17.9. The number of carbonyl (C=O) groups is 1. The molecule has 1 unspecified atom stereocenters. The first-order valence-corrected chi connectivity index (χ1v) is 8.34. The predicted molar refractivity (Wildman–Crippen MR) is 90.9 cm³/mol. The van der Waals surface area contributed by atoms with Crippen LogP contribution in [0.25, 0.3) is 5.69 Å². The molecular formula is C19H24N2O2. The topological polar surface area (TPSA) is 34.5 Å². The van der Waals surface area contributed by atoms with Crippen LogP contribution < -0.4 is 0 Å². The summed E-state index contributed by atoms with van der Waals surface area (Å²) in [7, 11) is 1.87. The summed E-state index contributed by atoms with van der Waals surface area (Å²) in [6, 6.07) is 11.7. The third-order valence-electron chi connectivity index (χ3n) is 4.42. The first-order valence-electron chi connectivity index (χ1n) is 8.34. The third kappa shape index (κ3) is 4.02. The van der Waals surface area contributed by atoms with Crippen LogP contribution in [0.15, 0.2) is 48.8 Å². The highest BCUT2D eigenvalue weighted by atomic mass is 16.5. The molecule has 4 nitrogen and oxygen atoms in total. The van der Waals surface area contributed by atoms with E-state index in [9.17, 15) is 4.79 Å². The highest BCUT2D eigenvalue weighted by molar-refractivity contribution is 5.94. The molecule has 2 aromatic rings. The second-order valence-corrected chi connectivity index (χ2v) is 6.14. The van der Waals surface area contributed by atoms with Gasteiger partial charge in [0.1, 0.15) is 0 Å². The monoisotopic (exact) mass is 312 g/mol. The fraction of sp³-hybridized carbons (Fsp3) is 0.421. The molecule has 1 saturated heterocycles. The van der Waals surface area contributed by atoms with Gasteiger partial charge in [0.05, 0.1) is 6.10 Å². The summed E-state index contributed by atoms with van der Waals surface area (Å²) in [6.07, 6.45) is 8.75. The van der Waals surface area contributed by atoms with Gasteiger partial charge in [-0.25, -0.2) is 0 Å². The maximum Gasteiger partial charge on any atom is 0.253 e. The minimum absolute atomic E-state index is 0.0693. The molecule has 1 amide bonds. The molecule has 122 valence electrons. The minimum atomic E-state index is 0.0693. The molecule has 1 fully saturated rings. The largest absolute Gasteiger partial charge is 0.378 e. The van der Waals surface area contributed by atoms with Gasteiger partial charge in [0.25, 0.3) is 5.91 Å². The van der Waals surface area contributed by atoms with Gasteiger partial charge in [-0.2, -0.15) is 0 Å². The van der Waals surface area contributed by atoms with Crippen molar-refractivity contribution in [1.29, 1.82) is 0 Å². The fourth-order valence-electron chi connectivity index (χ4n) is 2.98. The number of benzene rings is 1. The zero-order valence-corrected chi connectivity index (χ0v) is 13.6. The van der Waals surface area contributed by atoms with Crippen molar-refractivity contribution in [3.05, 3.63) is 54.4 Å². The Hall–Kier alpha value is -2.07. The van der Waals surface area contributed by atoms with Crippen LogP contribution in [-0.2, 0) is 4.74 Å². The number of ether oxygens (including phenoxy) is 1. The molecule has 0 radical (unpaired) electrons. The van der Waals surface area contributed by atoms with Gasteiger partial charge in [0.2, 0.25) is 0 Å². The van der Waals surface area contributed by atoms with Crippen molar-refractivity contribution >= 4 is 5.91 Å². The molecule has 3 rings (SSSR count). The summed E-state index contributed by atoms with van der Waals surface area (Å²) >= 11 is 0. The molecule has 0 spiro atoms. The lowest BCUT2D eigenvalue weighted by Crippen LogP contribution is -2.31. The van der Waals surface area contributed by atoms with Gasteiger partial charge < -0.3 is 14.2 Å². The molecule has 0 aliphatic carbocycles. The van der Waals surface area contributed by atoms with E-state index in [0.29, 0.717) is 6.10 Å². The van der Waals surface area contributed by atoms with Crippen LogP contribution in [0.1, 0.15) is 36.0 Å². The van der Waals surface area contributed by atoms with Crippen molar-refractivity contribution in [3.63, 3.8) is 0 Å². The van der Waals surface area contributed by atoms with E-state index in [1.54, 1.807) is 4.90 Å². The van der Waals surface area contributed by atoms with Crippen LogP contribution in [0, 0.1) is 0 Å². The maximum absolute atomic E-state index is 12.5. The first kappa shape index (κ1) is 15.8. The van der Waals surface area contributed by atoms with Crippen LogP contribution in [0.2, 0.25) is 0 Å². The predicted octanol–water partition coefficient (Wildman–Crippen LogP) is 3.51. The number of carbonyl (C=O) groups excluding carboxylic acids is 1. The second-order valence-electron chi connectivity index (χ2n) is 6.14. The Morgan fingerprint density at radius 3 is 2.61 bits per heavy atom. The first-order chi connectivity index (χ1) is 11.2. The lowest BCUT2D eigenvalue weighted by Gasteiger charge is -2.25. The lowest BCUT2D eigenvalue weighted by molar-refractivity contribution is 0.00709. The fourth-order valence-corrected chi connectivity index (χ4v) is 2.98. The molecule has 1 atom stereocenters. The van der Waals surface area contributed by atoms with E-state index < -0.39 is 0 Å². The van der Waals surface area contributed by atoms with Crippen LogP contribution in [0.4, 0.5) is 0 Å². The molecule has 1 aromatic carbocycles. The van der Waals surface area contributed by atoms with Crippen LogP contribution >= 0.6 is 0 Å². The van der Waals surface area contributed by atoms with Crippen molar-refractivity contribution in [1.82, 2.24) is 9.47 Å². The van der Waals surface area contributed by atoms with Gasteiger partial charge in [0, 0.05) is 43.8 Å². The van der Waals surface area contributed by atoms with Crippen molar-refractivity contribution in [3.8, 4) is 5.69 Å². The SMILES string of the molecule is CN(CCC1CCCCO1)C(=O)c1ccc(-n2cccc2)cc1. The average Bonchev–Trinajstić information content (AvgIpc) is 3.15. The Morgan fingerprint density at radius 2 is 1.96 bits per heavy atom. The summed E-state index contributed by atoms with van der Waals surface area (Å²) in [4.78, 5) is 14.3. The Bertz CT molecular complexity index is 613. The van der Waals surface area contributed by atoms with E-state index in [1.165, 1.54) is 12.8 Å². The Kier molecular flexibility index (Phi) is 5.13. The highest BCUT2D eigenvalue weighted by Gasteiger charge is 2.17. The van der Waals surface area contributed by atoms with Gasteiger partial charge in [0.15, 0.2) is 0 Å². The van der Waals surface area contributed by atoms with Crippen molar-refractivity contribution < 1.29 is 9.53 Å². The van der Waals surface area contributed by atoms with Gasteiger partial charge in [-0.05, 0) is 62.1 Å². The highest BCUT2D eigenvalue weighted by Crippen LogP contribution is 2.17. The van der Waals surface area contributed by atoms with Gasteiger partial charge >= 0.3 is 0 Å². The molecule has 1 aliphatic heterocycles. The summed E-state index contributed by atoms with van der Waals surface area (Å²) in [5, 5.41) is 0.